The van der Waals surface area contributed by atoms with Crippen molar-refractivity contribution in [3.63, 3.8) is 0 Å². The number of carbonyl (C=O) groups excluding carboxylic acids is 1. The van der Waals surface area contributed by atoms with Gasteiger partial charge in [-0.1, -0.05) is 19.8 Å². The number of piperidine rings is 1. The van der Waals surface area contributed by atoms with E-state index in [1.54, 1.807) is 4.31 Å². The third kappa shape index (κ3) is 5.58. The van der Waals surface area contributed by atoms with Crippen LogP contribution in [0.15, 0.2) is 0 Å². The molecule has 8 heteroatoms. The van der Waals surface area contributed by atoms with Crippen LogP contribution in [0.4, 0.5) is 0 Å². The van der Waals surface area contributed by atoms with E-state index in [-0.39, 0.29) is 36.0 Å². The number of sulfonamides is 1. The third-order valence-electron chi connectivity index (χ3n) is 5.26. The Balaban J connectivity index is 0.00000288. The van der Waals surface area contributed by atoms with E-state index in [0.29, 0.717) is 44.8 Å². The Bertz CT molecular complexity index is 493. The first-order valence-corrected chi connectivity index (χ1v) is 10.6. The van der Waals surface area contributed by atoms with Crippen molar-refractivity contribution in [2.45, 2.75) is 57.9 Å². The van der Waals surface area contributed by atoms with Crippen molar-refractivity contribution in [3.05, 3.63) is 0 Å². The van der Waals surface area contributed by atoms with Crippen LogP contribution in [-0.2, 0) is 14.8 Å². The fourth-order valence-corrected chi connectivity index (χ4v) is 5.34. The van der Waals surface area contributed by atoms with Gasteiger partial charge in [0.05, 0.1) is 5.75 Å². The van der Waals surface area contributed by atoms with Gasteiger partial charge in [0.1, 0.15) is 0 Å². The fraction of sp³-hybridized carbons (Fsp3) is 0.938. The summed E-state index contributed by atoms with van der Waals surface area (Å²) in [5, 5.41) is 3.15. The zero-order valence-electron chi connectivity index (χ0n) is 14.6. The van der Waals surface area contributed by atoms with Crippen molar-refractivity contribution in [2.75, 3.05) is 25.4 Å². The first-order chi connectivity index (χ1) is 11.0. The molecule has 0 radical (unpaired) electrons. The summed E-state index contributed by atoms with van der Waals surface area (Å²) < 4.78 is 25.9. The molecular weight excluding hydrogens is 350 g/mol. The number of nitrogens with two attached hydrogens (primary N) is 1. The molecule has 24 heavy (non-hydrogen) atoms. The lowest BCUT2D eigenvalue weighted by Crippen LogP contribution is -2.47. The van der Waals surface area contributed by atoms with Crippen LogP contribution in [0.1, 0.15) is 51.9 Å². The highest BCUT2D eigenvalue weighted by atomic mass is 35.5. The topological polar surface area (TPSA) is 92.5 Å². The van der Waals surface area contributed by atoms with E-state index in [4.69, 9.17) is 5.73 Å². The van der Waals surface area contributed by atoms with E-state index >= 15 is 0 Å². The number of halogens is 1. The summed E-state index contributed by atoms with van der Waals surface area (Å²) in [5.74, 6) is 0.640. The van der Waals surface area contributed by atoms with Crippen LogP contribution in [0.5, 0.6) is 0 Å². The molecule has 1 saturated carbocycles. The minimum Gasteiger partial charge on any atom is -0.353 e. The molecular formula is C16H32ClN3O3S. The second-order valence-corrected chi connectivity index (χ2v) is 8.97. The van der Waals surface area contributed by atoms with Crippen LogP contribution >= 0.6 is 12.4 Å². The summed E-state index contributed by atoms with van der Waals surface area (Å²) in [6.45, 7) is 3.55. The van der Waals surface area contributed by atoms with Gasteiger partial charge in [-0.3, -0.25) is 4.79 Å². The largest absolute Gasteiger partial charge is 0.353 e. The first kappa shape index (κ1) is 21.7. The second kappa shape index (κ2) is 9.94. The van der Waals surface area contributed by atoms with Gasteiger partial charge in [0, 0.05) is 25.0 Å². The van der Waals surface area contributed by atoms with Crippen LogP contribution in [-0.4, -0.2) is 50.1 Å². The Morgan fingerprint density at radius 3 is 2.46 bits per heavy atom. The van der Waals surface area contributed by atoms with Crippen molar-refractivity contribution in [1.82, 2.24) is 9.62 Å². The standard InChI is InChI=1S/C16H31N3O3S.ClH/c1-2-3-11-23(21,22)19-9-7-13(8-10-19)16(20)18-15-6-4-5-14(15)12-17;/h13-15H,2-12,17H2,1H3,(H,18,20);1H. The number of nitrogens with one attached hydrogen (secondary N) is 1. The molecule has 0 aromatic heterocycles. The van der Waals surface area contributed by atoms with Gasteiger partial charge in [-0.15, -0.1) is 12.4 Å². The summed E-state index contributed by atoms with van der Waals surface area (Å²) in [6, 6.07) is 0.207. The molecule has 2 rings (SSSR count). The Kier molecular flexibility index (Phi) is 8.98. The predicted molar refractivity (Wildman–Crippen MR) is 98.6 cm³/mol. The van der Waals surface area contributed by atoms with Gasteiger partial charge in [0.25, 0.3) is 0 Å². The molecule has 0 aromatic rings. The molecule has 1 amide bonds. The summed E-state index contributed by atoms with van der Waals surface area (Å²) >= 11 is 0. The summed E-state index contributed by atoms with van der Waals surface area (Å²) in [4.78, 5) is 12.4. The molecule has 1 heterocycles. The average Bonchev–Trinajstić information content (AvgIpc) is 3.00. The van der Waals surface area contributed by atoms with Crippen molar-refractivity contribution >= 4 is 28.3 Å². The van der Waals surface area contributed by atoms with Gasteiger partial charge in [-0.25, -0.2) is 12.7 Å². The lowest BCUT2D eigenvalue weighted by atomic mass is 9.95. The first-order valence-electron chi connectivity index (χ1n) is 8.96. The monoisotopic (exact) mass is 381 g/mol. The highest BCUT2D eigenvalue weighted by Crippen LogP contribution is 2.26. The van der Waals surface area contributed by atoms with Crippen LogP contribution in [0.2, 0.25) is 0 Å². The third-order valence-corrected chi connectivity index (χ3v) is 7.22. The molecule has 0 aromatic carbocycles. The van der Waals surface area contributed by atoms with Crippen LogP contribution < -0.4 is 11.1 Å². The Hall–Kier alpha value is -0.370. The molecule has 1 saturated heterocycles. The normalized spacial score (nSPS) is 26.1. The van der Waals surface area contributed by atoms with Crippen LogP contribution in [0.3, 0.4) is 0 Å². The minimum absolute atomic E-state index is 0. The second-order valence-electron chi connectivity index (χ2n) is 6.88. The molecule has 2 atom stereocenters. The van der Waals surface area contributed by atoms with E-state index in [2.05, 4.69) is 5.32 Å². The van der Waals surface area contributed by atoms with Crippen LogP contribution in [0.25, 0.3) is 0 Å². The maximum Gasteiger partial charge on any atom is 0.223 e. The van der Waals surface area contributed by atoms with Crippen molar-refractivity contribution < 1.29 is 13.2 Å². The van der Waals surface area contributed by atoms with E-state index in [9.17, 15) is 13.2 Å². The summed E-state index contributed by atoms with van der Waals surface area (Å²) in [6.07, 6.45) is 6.05. The Morgan fingerprint density at radius 2 is 1.88 bits per heavy atom. The highest BCUT2D eigenvalue weighted by molar-refractivity contribution is 7.89. The number of amides is 1. The number of hydrogen-bond donors (Lipinski definition) is 2. The summed E-state index contributed by atoms with van der Waals surface area (Å²) in [5.41, 5.74) is 5.76. The Morgan fingerprint density at radius 1 is 1.21 bits per heavy atom. The van der Waals surface area contributed by atoms with Crippen molar-refractivity contribution in [2.24, 2.45) is 17.6 Å². The molecule has 2 aliphatic rings. The molecule has 1 aliphatic heterocycles. The molecule has 2 fully saturated rings. The SMILES string of the molecule is CCCCS(=O)(=O)N1CCC(C(=O)NC2CCCC2CN)CC1.Cl. The quantitative estimate of drug-likeness (QED) is 0.698. The van der Waals surface area contributed by atoms with Gasteiger partial charge in [0.15, 0.2) is 0 Å². The zero-order chi connectivity index (χ0) is 16.9. The smallest absolute Gasteiger partial charge is 0.223 e. The predicted octanol–water partition coefficient (Wildman–Crippen LogP) is 1.49. The van der Waals surface area contributed by atoms with Gasteiger partial charge < -0.3 is 11.1 Å². The van der Waals surface area contributed by atoms with E-state index in [1.807, 2.05) is 6.92 Å². The van der Waals surface area contributed by atoms with E-state index in [0.717, 1.165) is 25.7 Å². The summed E-state index contributed by atoms with van der Waals surface area (Å²) in [7, 11) is -3.14. The van der Waals surface area contributed by atoms with Gasteiger partial charge in [-0.2, -0.15) is 0 Å². The number of rotatable bonds is 7. The van der Waals surface area contributed by atoms with Gasteiger partial charge >= 0.3 is 0 Å². The van der Waals surface area contributed by atoms with E-state index < -0.39 is 10.0 Å². The number of unbranched alkanes of at least 4 members (excludes halogenated alkanes) is 1. The number of carbonyl (C=O) groups is 1. The van der Waals surface area contributed by atoms with Crippen molar-refractivity contribution in [1.29, 1.82) is 0 Å². The average molecular weight is 382 g/mol. The van der Waals surface area contributed by atoms with Gasteiger partial charge in [-0.05, 0) is 44.6 Å². The molecule has 6 nitrogen and oxygen atoms in total. The van der Waals surface area contributed by atoms with E-state index in [1.165, 1.54) is 0 Å². The van der Waals surface area contributed by atoms with Crippen LogP contribution in [0, 0.1) is 11.8 Å². The number of hydrogen-bond acceptors (Lipinski definition) is 4. The van der Waals surface area contributed by atoms with Gasteiger partial charge in [0.2, 0.25) is 15.9 Å². The Labute approximate surface area is 152 Å². The molecule has 1 aliphatic carbocycles. The molecule has 0 bridgehead atoms. The lowest BCUT2D eigenvalue weighted by molar-refractivity contribution is -0.127. The number of nitrogens with zero attached hydrogens (tertiary/aromatic N) is 1. The molecule has 3 N–H and O–H groups in total. The molecule has 0 spiro atoms. The molecule has 2 unspecified atom stereocenters. The lowest BCUT2D eigenvalue weighted by Gasteiger charge is -2.31. The minimum atomic E-state index is -3.14. The highest BCUT2D eigenvalue weighted by Gasteiger charge is 2.33. The molecule has 142 valence electrons. The maximum absolute atomic E-state index is 12.4. The fourth-order valence-electron chi connectivity index (χ4n) is 3.66. The zero-order valence-corrected chi connectivity index (χ0v) is 16.2. The maximum atomic E-state index is 12.4. The van der Waals surface area contributed by atoms with Crippen molar-refractivity contribution in [3.8, 4) is 0 Å².